The van der Waals surface area contributed by atoms with Gasteiger partial charge in [0.25, 0.3) is 0 Å². The lowest BCUT2D eigenvalue weighted by molar-refractivity contribution is 0.239. The molecule has 34 heavy (non-hydrogen) atoms. The van der Waals surface area contributed by atoms with E-state index < -0.39 is 0 Å². The monoisotopic (exact) mass is 447 g/mol. The van der Waals surface area contributed by atoms with Crippen LogP contribution >= 0.6 is 0 Å². The second-order valence-corrected chi connectivity index (χ2v) is 7.40. The van der Waals surface area contributed by atoms with E-state index >= 15 is 0 Å². The lowest BCUT2D eigenvalue weighted by atomic mass is 10.2. The van der Waals surface area contributed by atoms with E-state index in [1.807, 2.05) is 78.9 Å². The number of ether oxygens (including phenoxy) is 2. The van der Waals surface area contributed by atoms with Gasteiger partial charge in [-0.2, -0.15) is 0 Å². The van der Waals surface area contributed by atoms with Gasteiger partial charge in [0, 0.05) is 24.7 Å². The Balaban J connectivity index is 1.72. The summed E-state index contributed by atoms with van der Waals surface area (Å²) >= 11 is 0. The van der Waals surface area contributed by atoms with Gasteiger partial charge in [-0.15, -0.1) is 5.92 Å². The molecule has 0 saturated carbocycles. The van der Waals surface area contributed by atoms with Crippen LogP contribution in [0.2, 0.25) is 0 Å². The summed E-state index contributed by atoms with van der Waals surface area (Å²) in [6.45, 7) is 2.15. The Morgan fingerprint density at radius 3 is 1.88 bits per heavy atom. The van der Waals surface area contributed by atoms with Crippen molar-refractivity contribution in [3.63, 3.8) is 0 Å². The van der Waals surface area contributed by atoms with E-state index in [-0.39, 0.29) is 0 Å². The topological polar surface area (TPSA) is 21.7 Å². The molecule has 0 spiro atoms. The highest BCUT2D eigenvalue weighted by molar-refractivity contribution is 5.60. The highest BCUT2D eigenvalue weighted by Gasteiger charge is 2.10. The first-order chi connectivity index (χ1) is 16.9. The number of unbranched alkanes of at least 4 members (excludes halogenated alkanes) is 1. The molecule has 3 heteroatoms. The number of benzene rings is 3. The molecule has 0 unspecified atom stereocenters. The summed E-state index contributed by atoms with van der Waals surface area (Å²) in [6, 6.07) is 28.1. The molecule has 0 aliphatic rings. The first-order valence-electron chi connectivity index (χ1n) is 11.4. The fourth-order valence-electron chi connectivity index (χ4n) is 3.14. The van der Waals surface area contributed by atoms with Gasteiger partial charge in [0.05, 0.1) is 25.4 Å². The molecule has 3 rings (SSSR count). The van der Waals surface area contributed by atoms with E-state index in [2.05, 4.69) is 46.5 Å². The second-order valence-electron chi connectivity index (χ2n) is 7.40. The van der Waals surface area contributed by atoms with E-state index in [1.54, 1.807) is 7.11 Å². The minimum Gasteiger partial charge on any atom is -0.491 e. The zero-order chi connectivity index (χ0) is 23.7. The molecule has 0 fully saturated rings. The molecule has 0 aliphatic carbocycles. The predicted molar refractivity (Wildman–Crippen MR) is 140 cm³/mol. The van der Waals surface area contributed by atoms with Crippen LogP contribution in [0.3, 0.4) is 0 Å². The van der Waals surface area contributed by atoms with Crippen LogP contribution in [0, 0.1) is 35.5 Å². The molecule has 3 nitrogen and oxygen atoms in total. The van der Waals surface area contributed by atoms with Crippen LogP contribution in [-0.4, -0.2) is 33.4 Å². The molecule has 0 saturated heterocycles. The molecular weight excluding hydrogens is 418 g/mol. The Labute approximate surface area is 203 Å². The van der Waals surface area contributed by atoms with Gasteiger partial charge >= 0.3 is 0 Å². The highest BCUT2D eigenvalue weighted by atomic mass is 16.5. The first-order valence-corrected chi connectivity index (χ1v) is 11.4. The van der Waals surface area contributed by atoms with Gasteiger partial charge in [-0.05, 0) is 42.8 Å². The van der Waals surface area contributed by atoms with Gasteiger partial charge in [0.2, 0.25) is 0 Å². The van der Waals surface area contributed by atoms with Crippen molar-refractivity contribution in [3.8, 4) is 41.3 Å². The highest BCUT2D eigenvalue weighted by Crippen LogP contribution is 2.28. The third-order valence-corrected chi connectivity index (χ3v) is 4.80. The Bertz CT molecular complexity index is 1130. The van der Waals surface area contributed by atoms with Gasteiger partial charge in [-0.25, -0.2) is 0 Å². The summed E-state index contributed by atoms with van der Waals surface area (Å²) in [4.78, 5) is 2.15. The number of rotatable bonds is 8. The SMILES string of the molecule is COCC#CCCCOc1ccccc1N(CC#Cc1ccccc1)CC#Cc1ccccc1. The Morgan fingerprint density at radius 1 is 0.676 bits per heavy atom. The molecule has 0 aromatic heterocycles. The minimum absolute atomic E-state index is 0.465. The molecular formula is C31H29NO2. The van der Waals surface area contributed by atoms with E-state index in [4.69, 9.17) is 9.47 Å². The van der Waals surface area contributed by atoms with E-state index in [0.717, 1.165) is 35.4 Å². The number of para-hydroxylation sites is 2. The summed E-state index contributed by atoms with van der Waals surface area (Å²) < 4.78 is 11.1. The first kappa shape index (κ1) is 24.5. The molecule has 0 aliphatic heterocycles. The molecule has 3 aromatic rings. The number of hydrogen-bond donors (Lipinski definition) is 0. The molecule has 0 amide bonds. The van der Waals surface area contributed by atoms with E-state index in [9.17, 15) is 0 Å². The lowest BCUT2D eigenvalue weighted by Crippen LogP contribution is -2.24. The van der Waals surface area contributed by atoms with Gasteiger partial charge < -0.3 is 14.4 Å². The van der Waals surface area contributed by atoms with Crippen molar-refractivity contribution in [2.24, 2.45) is 0 Å². The number of nitrogens with zero attached hydrogens (tertiary/aromatic N) is 1. The van der Waals surface area contributed by atoms with Crippen LogP contribution < -0.4 is 9.64 Å². The number of methoxy groups -OCH3 is 1. The molecule has 0 heterocycles. The van der Waals surface area contributed by atoms with Crippen LogP contribution in [0.5, 0.6) is 5.75 Å². The van der Waals surface area contributed by atoms with Gasteiger partial charge in [0.15, 0.2) is 0 Å². The lowest BCUT2D eigenvalue weighted by Gasteiger charge is -2.22. The minimum atomic E-state index is 0.465. The maximum atomic E-state index is 6.12. The zero-order valence-corrected chi connectivity index (χ0v) is 19.6. The summed E-state index contributed by atoms with van der Waals surface area (Å²) in [5, 5.41) is 0. The average molecular weight is 448 g/mol. The van der Waals surface area contributed by atoms with E-state index in [1.165, 1.54) is 0 Å². The summed E-state index contributed by atoms with van der Waals surface area (Å²) in [5.41, 5.74) is 2.98. The van der Waals surface area contributed by atoms with E-state index in [0.29, 0.717) is 26.3 Å². The normalized spacial score (nSPS) is 9.44. The Hall–Kier alpha value is -4.10. The molecule has 3 aromatic carbocycles. The van der Waals surface area contributed by atoms with Crippen LogP contribution in [0.25, 0.3) is 0 Å². The maximum absolute atomic E-state index is 6.12. The van der Waals surface area contributed by atoms with Crippen molar-refractivity contribution >= 4 is 5.69 Å². The zero-order valence-electron chi connectivity index (χ0n) is 19.6. The average Bonchev–Trinajstić information content (AvgIpc) is 2.89. The van der Waals surface area contributed by atoms with Crippen LogP contribution in [0.15, 0.2) is 84.9 Å². The smallest absolute Gasteiger partial charge is 0.142 e. The summed E-state index contributed by atoms with van der Waals surface area (Å²) in [5.74, 6) is 20.0. The predicted octanol–water partition coefficient (Wildman–Crippen LogP) is 5.41. The largest absolute Gasteiger partial charge is 0.491 e. The van der Waals surface area contributed by atoms with Gasteiger partial charge in [-0.3, -0.25) is 0 Å². The van der Waals surface area contributed by atoms with Crippen LogP contribution in [0.1, 0.15) is 24.0 Å². The van der Waals surface area contributed by atoms with Crippen LogP contribution in [0.4, 0.5) is 5.69 Å². The second kappa shape index (κ2) is 14.9. The van der Waals surface area contributed by atoms with Crippen molar-refractivity contribution in [3.05, 3.63) is 96.1 Å². The third kappa shape index (κ3) is 8.80. The standard InChI is InChI=1S/C31H29NO2/c1-33-26-12-2-3-13-27-34-31-23-11-10-22-30(31)32(24-14-20-28-16-6-4-7-17-28)25-15-21-29-18-8-5-9-19-29/h4-11,16-19,22-23H,3,13,24-27H2,1H3. The fraction of sp³-hybridized carbons (Fsp3) is 0.226. The van der Waals surface area contributed by atoms with Crippen molar-refractivity contribution in [2.45, 2.75) is 12.8 Å². The Morgan fingerprint density at radius 2 is 1.26 bits per heavy atom. The number of hydrogen-bond acceptors (Lipinski definition) is 3. The van der Waals surface area contributed by atoms with Gasteiger partial charge in [-0.1, -0.05) is 78.1 Å². The molecule has 0 N–H and O–H groups in total. The maximum Gasteiger partial charge on any atom is 0.142 e. The number of anilines is 1. The van der Waals surface area contributed by atoms with Crippen molar-refractivity contribution < 1.29 is 9.47 Å². The summed E-state index contributed by atoms with van der Waals surface area (Å²) in [6.07, 6.45) is 1.63. The van der Waals surface area contributed by atoms with Crippen molar-refractivity contribution in [1.82, 2.24) is 0 Å². The quantitative estimate of drug-likeness (QED) is 0.341. The van der Waals surface area contributed by atoms with Crippen molar-refractivity contribution in [1.29, 1.82) is 0 Å². The molecule has 0 radical (unpaired) electrons. The fourth-order valence-corrected chi connectivity index (χ4v) is 3.14. The molecule has 0 bridgehead atoms. The molecule has 0 atom stereocenters. The van der Waals surface area contributed by atoms with Gasteiger partial charge in [0.1, 0.15) is 12.4 Å². The Kier molecular flexibility index (Phi) is 10.7. The van der Waals surface area contributed by atoms with Crippen LogP contribution in [-0.2, 0) is 4.74 Å². The molecule has 170 valence electrons. The van der Waals surface area contributed by atoms with Crippen molar-refractivity contribution in [2.75, 3.05) is 38.3 Å². The summed E-state index contributed by atoms with van der Waals surface area (Å²) in [7, 11) is 1.65. The third-order valence-electron chi connectivity index (χ3n) is 4.80.